The zero-order valence-corrected chi connectivity index (χ0v) is 16.7. The molecule has 6 N–H and O–H groups in total. The number of unbranched alkanes of at least 4 members (excludes halogenated alkanes) is 9. The Morgan fingerprint density at radius 1 is 0.920 bits per heavy atom. The number of nitrogens with two attached hydrogens (primary N) is 3. The highest BCUT2D eigenvalue weighted by Gasteiger charge is 2.13. The molecular weight excluding hydrogens is 340 g/mol. The Morgan fingerprint density at radius 3 is 1.96 bits per heavy atom. The zero-order valence-electron chi connectivity index (χ0n) is 15.9. The Labute approximate surface area is 159 Å². The Kier molecular flexibility index (Phi) is 20.3. The summed E-state index contributed by atoms with van der Waals surface area (Å²) in [5, 5.41) is 0. The summed E-state index contributed by atoms with van der Waals surface area (Å²) in [5.74, 6) is -0.261. The number of nitrogens with zero attached hydrogens (tertiary/aromatic N) is 1. The summed E-state index contributed by atoms with van der Waals surface area (Å²) in [6.07, 6.45) is 13.8. The molecule has 0 amide bonds. The van der Waals surface area contributed by atoms with Gasteiger partial charge in [-0.15, -0.1) is 12.4 Å². The van der Waals surface area contributed by atoms with Crippen LogP contribution >= 0.6 is 12.4 Å². The van der Waals surface area contributed by atoms with Crippen molar-refractivity contribution >= 4 is 24.3 Å². The highest BCUT2D eigenvalue weighted by Crippen LogP contribution is 2.10. The fourth-order valence-corrected chi connectivity index (χ4v) is 2.51. The highest BCUT2D eigenvalue weighted by atomic mass is 35.5. The first kappa shape index (κ1) is 26.2. The van der Waals surface area contributed by atoms with Crippen LogP contribution in [-0.2, 0) is 9.53 Å². The molecule has 0 bridgehead atoms. The van der Waals surface area contributed by atoms with E-state index in [9.17, 15) is 4.79 Å². The monoisotopic (exact) mass is 378 g/mol. The summed E-state index contributed by atoms with van der Waals surface area (Å²) in [7, 11) is 0. The second-order valence-corrected chi connectivity index (χ2v) is 6.40. The normalized spacial score (nSPS) is 11.4. The third-order valence-corrected chi connectivity index (χ3v) is 4.01. The van der Waals surface area contributed by atoms with Crippen LogP contribution in [0.25, 0.3) is 0 Å². The van der Waals surface area contributed by atoms with Gasteiger partial charge in [0.1, 0.15) is 6.04 Å². The minimum atomic E-state index is -0.581. The fraction of sp³-hybridized carbons (Fsp3) is 0.889. The van der Waals surface area contributed by atoms with E-state index in [1.165, 1.54) is 51.4 Å². The van der Waals surface area contributed by atoms with E-state index in [0.29, 0.717) is 26.0 Å². The minimum absolute atomic E-state index is 0. The smallest absolute Gasteiger partial charge is 0.322 e. The van der Waals surface area contributed by atoms with Gasteiger partial charge in [-0.2, -0.15) is 0 Å². The summed E-state index contributed by atoms with van der Waals surface area (Å²) in [4.78, 5) is 15.6. The molecule has 0 aliphatic carbocycles. The lowest BCUT2D eigenvalue weighted by atomic mass is 10.1. The summed E-state index contributed by atoms with van der Waals surface area (Å²) in [6, 6.07) is -0.581. The number of guanidine groups is 1. The molecule has 0 heterocycles. The molecule has 25 heavy (non-hydrogen) atoms. The van der Waals surface area contributed by atoms with Crippen LogP contribution in [-0.4, -0.2) is 31.1 Å². The number of aliphatic imine (C=N–C) groups is 1. The van der Waals surface area contributed by atoms with Crippen molar-refractivity contribution in [2.45, 2.75) is 90.0 Å². The SMILES string of the molecule is CCCCCCCCCCCCOC(=O)[C@@H](N)CCCN=C(N)N.Cl. The number of hydrogen-bond donors (Lipinski definition) is 3. The second kappa shape index (κ2) is 19.3. The van der Waals surface area contributed by atoms with Crippen LogP contribution < -0.4 is 17.2 Å². The van der Waals surface area contributed by atoms with Crippen LogP contribution in [0.4, 0.5) is 0 Å². The fourth-order valence-electron chi connectivity index (χ4n) is 2.51. The molecule has 0 aromatic heterocycles. The van der Waals surface area contributed by atoms with Crippen LogP contribution in [0.3, 0.4) is 0 Å². The standard InChI is InChI=1S/C18H38N4O2.ClH/c1-2-3-4-5-6-7-8-9-10-11-15-24-17(23)16(19)13-12-14-22-18(20)21;/h16H,2-15,19H2,1H3,(H4,20,21,22);1H/t16-;/m0./s1. The van der Waals surface area contributed by atoms with Gasteiger partial charge in [0.2, 0.25) is 0 Å². The Hall–Kier alpha value is -1.01. The molecule has 6 nitrogen and oxygen atoms in total. The van der Waals surface area contributed by atoms with Gasteiger partial charge in [-0.1, -0.05) is 64.7 Å². The number of halogens is 1. The van der Waals surface area contributed by atoms with Crippen LogP contribution in [0.5, 0.6) is 0 Å². The first-order chi connectivity index (χ1) is 11.6. The van der Waals surface area contributed by atoms with Crippen LogP contribution in [0.1, 0.15) is 84.0 Å². The third-order valence-electron chi connectivity index (χ3n) is 4.01. The maximum atomic E-state index is 11.7. The number of esters is 1. The predicted molar refractivity (Wildman–Crippen MR) is 108 cm³/mol. The number of carbonyl (C=O) groups is 1. The van der Waals surface area contributed by atoms with Crippen molar-refractivity contribution in [3.8, 4) is 0 Å². The average Bonchev–Trinajstić information content (AvgIpc) is 2.56. The van der Waals surface area contributed by atoms with Crippen molar-refractivity contribution in [2.24, 2.45) is 22.2 Å². The van der Waals surface area contributed by atoms with E-state index in [-0.39, 0.29) is 24.3 Å². The summed E-state index contributed by atoms with van der Waals surface area (Å²) >= 11 is 0. The molecular formula is C18H39ClN4O2. The molecule has 0 aromatic carbocycles. The highest BCUT2D eigenvalue weighted by molar-refractivity contribution is 5.85. The second-order valence-electron chi connectivity index (χ2n) is 6.40. The summed E-state index contributed by atoms with van der Waals surface area (Å²) in [5.41, 5.74) is 16.2. The topological polar surface area (TPSA) is 117 Å². The largest absolute Gasteiger partial charge is 0.465 e. The van der Waals surface area contributed by atoms with E-state index >= 15 is 0 Å². The van der Waals surface area contributed by atoms with Gasteiger partial charge >= 0.3 is 5.97 Å². The quantitative estimate of drug-likeness (QED) is 0.165. The van der Waals surface area contributed by atoms with Crippen molar-refractivity contribution in [3.63, 3.8) is 0 Å². The van der Waals surface area contributed by atoms with Crippen molar-refractivity contribution in [1.82, 2.24) is 0 Å². The average molecular weight is 379 g/mol. The Bertz CT molecular complexity index is 337. The minimum Gasteiger partial charge on any atom is -0.465 e. The lowest BCUT2D eigenvalue weighted by Crippen LogP contribution is -2.32. The molecule has 0 aromatic rings. The zero-order chi connectivity index (χ0) is 18.0. The molecule has 0 radical (unpaired) electrons. The van der Waals surface area contributed by atoms with Crippen molar-refractivity contribution < 1.29 is 9.53 Å². The van der Waals surface area contributed by atoms with Gasteiger partial charge in [0.25, 0.3) is 0 Å². The molecule has 0 aliphatic heterocycles. The molecule has 0 fully saturated rings. The molecule has 150 valence electrons. The molecule has 0 saturated carbocycles. The molecule has 0 unspecified atom stereocenters. The number of rotatable bonds is 16. The van der Waals surface area contributed by atoms with Gasteiger partial charge in [0.05, 0.1) is 6.61 Å². The van der Waals surface area contributed by atoms with E-state index < -0.39 is 6.04 Å². The van der Waals surface area contributed by atoms with Gasteiger partial charge in [0.15, 0.2) is 5.96 Å². The van der Waals surface area contributed by atoms with Crippen LogP contribution in [0.2, 0.25) is 0 Å². The molecule has 0 aliphatic rings. The van der Waals surface area contributed by atoms with E-state index in [2.05, 4.69) is 11.9 Å². The van der Waals surface area contributed by atoms with Crippen molar-refractivity contribution in [1.29, 1.82) is 0 Å². The van der Waals surface area contributed by atoms with E-state index in [1.807, 2.05) is 0 Å². The van der Waals surface area contributed by atoms with Gasteiger partial charge < -0.3 is 21.9 Å². The maximum absolute atomic E-state index is 11.7. The number of ether oxygens (including phenoxy) is 1. The first-order valence-corrected chi connectivity index (χ1v) is 9.55. The Morgan fingerprint density at radius 2 is 1.44 bits per heavy atom. The van der Waals surface area contributed by atoms with E-state index in [0.717, 1.165) is 12.8 Å². The van der Waals surface area contributed by atoms with Gasteiger partial charge in [-0.05, 0) is 19.3 Å². The van der Waals surface area contributed by atoms with Crippen molar-refractivity contribution in [2.75, 3.05) is 13.2 Å². The maximum Gasteiger partial charge on any atom is 0.322 e. The molecule has 0 saturated heterocycles. The van der Waals surface area contributed by atoms with Gasteiger partial charge in [0, 0.05) is 6.54 Å². The lowest BCUT2D eigenvalue weighted by molar-refractivity contribution is -0.145. The molecule has 0 rings (SSSR count). The number of carbonyl (C=O) groups excluding carboxylic acids is 1. The lowest BCUT2D eigenvalue weighted by Gasteiger charge is -2.10. The van der Waals surface area contributed by atoms with Gasteiger partial charge in [-0.25, -0.2) is 0 Å². The Balaban J connectivity index is 0. The van der Waals surface area contributed by atoms with E-state index in [1.54, 1.807) is 0 Å². The molecule has 1 atom stereocenters. The first-order valence-electron chi connectivity index (χ1n) is 9.55. The van der Waals surface area contributed by atoms with Gasteiger partial charge in [-0.3, -0.25) is 9.79 Å². The summed E-state index contributed by atoms with van der Waals surface area (Å²) < 4.78 is 5.20. The van der Waals surface area contributed by atoms with Crippen LogP contribution in [0, 0.1) is 0 Å². The van der Waals surface area contributed by atoms with Crippen molar-refractivity contribution in [3.05, 3.63) is 0 Å². The molecule has 0 spiro atoms. The molecule has 7 heteroatoms. The van der Waals surface area contributed by atoms with Crippen LogP contribution in [0.15, 0.2) is 4.99 Å². The third kappa shape index (κ3) is 19.2. The summed E-state index contributed by atoms with van der Waals surface area (Å²) in [6.45, 7) is 3.20. The predicted octanol–water partition coefficient (Wildman–Crippen LogP) is 3.25. The number of hydrogen-bond acceptors (Lipinski definition) is 4. The van der Waals surface area contributed by atoms with E-state index in [4.69, 9.17) is 21.9 Å².